The highest BCUT2D eigenvalue weighted by Gasteiger charge is 2.46. The molecular formula is C18H29NO2. The van der Waals surface area contributed by atoms with E-state index in [0.29, 0.717) is 12.4 Å². The number of nitrogens with two attached hydrogens (primary N) is 1. The molecule has 0 heterocycles. The van der Waals surface area contributed by atoms with Crippen molar-refractivity contribution in [2.24, 2.45) is 5.73 Å². The standard InChI is InChI=1S/C18H29NO2/c1-4-9-18(10-5-2)15-12-14(20)8-7-13(15)11-16(17(18)19)21-6-3/h7-8,12,16-17,20H,4-6,9-11,19H2,1-3H3. The van der Waals surface area contributed by atoms with Crippen molar-refractivity contribution in [1.29, 1.82) is 0 Å². The first-order valence-electron chi connectivity index (χ1n) is 8.28. The van der Waals surface area contributed by atoms with Gasteiger partial charge in [0.2, 0.25) is 0 Å². The molecule has 21 heavy (non-hydrogen) atoms. The summed E-state index contributed by atoms with van der Waals surface area (Å²) in [6.45, 7) is 7.13. The summed E-state index contributed by atoms with van der Waals surface area (Å²) in [5.41, 5.74) is 9.13. The third-order valence-corrected chi connectivity index (χ3v) is 4.86. The van der Waals surface area contributed by atoms with Crippen LogP contribution < -0.4 is 5.73 Å². The maximum absolute atomic E-state index is 9.94. The molecule has 0 aliphatic heterocycles. The van der Waals surface area contributed by atoms with E-state index in [1.807, 2.05) is 19.1 Å². The monoisotopic (exact) mass is 291 g/mol. The van der Waals surface area contributed by atoms with Crippen molar-refractivity contribution < 1.29 is 9.84 Å². The fourth-order valence-corrected chi connectivity index (χ4v) is 4.08. The van der Waals surface area contributed by atoms with Crippen LogP contribution in [0.3, 0.4) is 0 Å². The minimum Gasteiger partial charge on any atom is -0.508 e. The van der Waals surface area contributed by atoms with Crippen molar-refractivity contribution in [1.82, 2.24) is 0 Å². The first-order valence-corrected chi connectivity index (χ1v) is 8.28. The zero-order valence-electron chi connectivity index (χ0n) is 13.6. The van der Waals surface area contributed by atoms with Crippen molar-refractivity contribution in [3.8, 4) is 5.75 Å². The Kier molecular flexibility index (Phi) is 5.28. The van der Waals surface area contributed by atoms with E-state index in [1.165, 1.54) is 11.1 Å². The van der Waals surface area contributed by atoms with Gasteiger partial charge in [-0.2, -0.15) is 0 Å². The largest absolute Gasteiger partial charge is 0.508 e. The molecule has 118 valence electrons. The molecule has 1 aromatic rings. The fourth-order valence-electron chi connectivity index (χ4n) is 4.08. The van der Waals surface area contributed by atoms with Crippen molar-refractivity contribution in [3.05, 3.63) is 29.3 Å². The van der Waals surface area contributed by atoms with Crippen LogP contribution in [-0.2, 0) is 16.6 Å². The molecule has 0 fully saturated rings. The Morgan fingerprint density at radius 3 is 2.48 bits per heavy atom. The fraction of sp³-hybridized carbons (Fsp3) is 0.667. The molecule has 1 aliphatic carbocycles. The molecule has 2 atom stereocenters. The van der Waals surface area contributed by atoms with Gasteiger partial charge in [0, 0.05) is 24.5 Å². The average molecular weight is 291 g/mol. The van der Waals surface area contributed by atoms with Crippen LogP contribution in [0.2, 0.25) is 0 Å². The number of hydrogen-bond acceptors (Lipinski definition) is 3. The number of phenolic OH excluding ortho intramolecular Hbond substituents is 1. The molecule has 3 N–H and O–H groups in total. The van der Waals surface area contributed by atoms with Gasteiger partial charge in [-0.15, -0.1) is 0 Å². The highest BCUT2D eigenvalue weighted by atomic mass is 16.5. The normalized spacial score (nSPS) is 23.8. The summed E-state index contributed by atoms with van der Waals surface area (Å²) in [7, 11) is 0. The highest BCUT2D eigenvalue weighted by molar-refractivity contribution is 5.44. The molecule has 3 heteroatoms. The summed E-state index contributed by atoms with van der Waals surface area (Å²) in [5, 5.41) is 9.94. The Balaban J connectivity index is 2.54. The van der Waals surface area contributed by atoms with Crippen molar-refractivity contribution in [2.45, 2.75) is 70.4 Å². The highest BCUT2D eigenvalue weighted by Crippen LogP contribution is 2.45. The van der Waals surface area contributed by atoms with Gasteiger partial charge in [-0.1, -0.05) is 32.8 Å². The van der Waals surface area contributed by atoms with E-state index in [2.05, 4.69) is 13.8 Å². The minimum absolute atomic E-state index is 0.00773. The molecule has 0 spiro atoms. The molecule has 0 bridgehead atoms. The second-order valence-electron chi connectivity index (χ2n) is 6.22. The van der Waals surface area contributed by atoms with Crippen LogP contribution in [0.1, 0.15) is 57.6 Å². The van der Waals surface area contributed by atoms with Crippen molar-refractivity contribution in [2.75, 3.05) is 6.61 Å². The van der Waals surface area contributed by atoms with Crippen LogP contribution >= 0.6 is 0 Å². The maximum Gasteiger partial charge on any atom is 0.115 e. The SMILES string of the molecule is CCCC1(CCC)c2cc(O)ccc2CC(OCC)C1N. The van der Waals surface area contributed by atoms with E-state index in [0.717, 1.165) is 32.1 Å². The average Bonchev–Trinajstić information content (AvgIpc) is 2.46. The van der Waals surface area contributed by atoms with Gasteiger partial charge in [0.1, 0.15) is 5.75 Å². The van der Waals surface area contributed by atoms with Crippen LogP contribution in [0.4, 0.5) is 0 Å². The van der Waals surface area contributed by atoms with Gasteiger partial charge in [-0.3, -0.25) is 0 Å². The Morgan fingerprint density at radius 2 is 1.90 bits per heavy atom. The molecule has 0 saturated heterocycles. The molecule has 0 radical (unpaired) electrons. The lowest BCUT2D eigenvalue weighted by Gasteiger charge is -2.48. The van der Waals surface area contributed by atoms with Gasteiger partial charge < -0.3 is 15.6 Å². The molecule has 1 aromatic carbocycles. The second-order valence-corrected chi connectivity index (χ2v) is 6.22. The van der Waals surface area contributed by atoms with Crippen molar-refractivity contribution >= 4 is 0 Å². The predicted octanol–water partition coefficient (Wildman–Crippen LogP) is 3.52. The number of hydrogen-bond donors (Lipinski definition) is 2. The van der Waals surface area contributed by atoms with E-state index in [4.69, 9.17) is 10.5 Å². The maximum atomic E-state index is 9.94. The van der Waals surface area contributed by atoms with Crippen LogP contribution in [0, 0.1) is 0 Å². The van der Waals surface area contributed by atoms with Gasteiger partial charge in [0.05, 0.1) is 6.10 Å². The summed E-state index contributed by atoms with van der Waals surface area (Å²) in [6.07, 6.45) is 5.18. The van der Waals surface area contributed by atoms with Crippen LogP contribution in [-0.4, -0.2) is 23.9 Å². The van der Waals surface area contributed by atoms with Crippen LogP contribution in [0.15, 0.2) is 18.2 Å². The summed E-state index contributed by atoms with van der Waals surface area (Å²) >= 11 is 0. The Morgan fingerprint density at radius 1 is 1.24 bits per heavy atom. The number of ether oxygens (including phenoxy) is 1. The summed E-state index contributed by atoms with van der Waals surface area (Å²) in [4.78, 5) is 0. The lowest BCUT2D eigenvalue weighted by Crippen LogP contribution is -2.57. The zero-order valence-corrected chi connectivity index (χ0v) is 13.6. The molecule has 0 aromatic heterocycles. The topological polar surface area (TPSA) is 55.5 Å². The zero-order chi connectivity index (χ0) is 15.5. The molecule has 1 aliphatic rings. The Hall–Kier alpha value is -1.06. The summed E-state index contributed by atoms with van der Waals surface area (Å²) in [6, 6.07) is 5.75. The van der Waals surface area contributed by atoms with Gasteiger partial charge >= 0.3 is 0 Å². The van der Waals surface area contributed by atoms with Crippen LogP contribution in [0.25, 0.3) is 0 Å². The van der Waals surface area contributed by atoms with Gasteiger partial charge in [0.15, 0.2) is 0 Å². The van der Waals surface area contributed by atoms with Gasteiger partial charge in [0.25, 0.3) is 0 Å². The first-order chi connectivity index (χ1) is 10.1. The molecule has 2 rings (SSSR count). The summed E-state index contributed by atoms with van der Waals surface area (Å²) in [5.74, 6) is 0.340. The number of rotatable bonds is 6. The number of aromatic hydroxyl groups is 1. The van der Waals surface area contributed by atoms with Crippen LogP contribution in [0.5, 0.6) is 5.75 Å². The number of phenols is 1. The molecular weight excluding hydrogens is 262 g/mol. The van der Waals surface area contributed by atoms with Gasteiger partial charge in [-0.05, 0) is 43.0 Å². The summed E-state index contributed by atoms with van der Waals surface area (Å²) < 4.78 is 5.94. The van der Waals surface area contributed by atoms with Crippen molar-refractivity contribution in [3.63, 3.8) is 0 Å². The molecule has 0 amide bonds. The lowest BCUT2D eigenvalue weighted by atomic mass is 9.61. The Labute approximate surface area is 128 Å². The molecule has 3 nitrogen and oxygen atoms in total. The lowest BCUT2D eigenvalue weighted by molar-refractivity contribution is 0.00962. The van der Waals surface area contributed by atoms with E-state index in [9.17, 15) is 5.11 Å². The smallest absolute Gasteiger partial charge is 0.115 e. The Bertz CT molecular complexity index is 466. The van der Waals surface area contributed by atoms with Gasteiger partial charge in [-0.25, -0.2) is 0 Å². The first kappa shape index (κ1) is 16.3. The predicted molar refractivity (Wildman–Crippen MR) is 86.7 cm³/mol. The molecule has 2 unspecified atom stereocenters. The third-order valence-electron chi connectivity index (χ3n) is 4.86. The number of fused-ring (bicyclic) bond motifs is 1. The van der Waals surface area contributed by atoms with E-state index in [-0.39, 0.29) is 17.6 Å². The third kappa shape index (κ3) is 2.95. The van der Waals surface area contributed by atoms with E-state index < -0.39 is 0 Å². The quantitative estimate of drug-likeness (QED) is 0.843. The minimum atomic E-state index is -0.0738. The second kappa shape index (κ2) is 6.80. The van der Waals surface area contributed by atoms with E-state index >= 15 is 0 Å². The molecule has 0 saturated carbocycles. The van der Waals surface area contributed by atoms with E-state index in [1.54, 1.807) is 6.07 Å². The number of benzene rings is 1.